The Hall–Kier alpha value is -1.23. The molecule has 0 atom stereocenters. The van der Waals surface area contributed by atoms with E-state index in [0.29, 0.717) is 18.7 Å². The van der Waals surface area contributed by atoms with Crippen LogP contribution >= 0.6 is 15.9 Å². The third-order valence-corrected chi connectivity index (χ3v) is 2.93. The lowest BCUT2D eigenvalue weighted by atomic mass is 10.2. The van der Waals surface area contributed by atoms with Crippen molar-refractivity contribution >= 4 is 22.0 Å². The van der Waals surface area contributed by atoms with Crippen molar-refractivity contribution in [1.29, 1.82) is 0 Å². The number of amides is 1. The molecule has 1 N–H and O–H groups in total. The number of phenols is 1. The first kappa shape index (κ1) is 15.8. The minimum Gasteiger partial charge on any atom is -0.508 e. The van der Waals surface area contributed by atoms with Crippen molar-refractivity contribution in [1.82, 2.24) is 4.90 Å². The highest BCUT2D eigenvalue weighted by atomic mass is 79.9. The lowest BCUT2D eigenvalue weighted by Crippen LogP contribution is -2.36. The van der Waals surface area contributed by atoms with E-state index < -0.39 is 5.60 Å². The number of benzene rings is 1. The van der Waals surface area contributed by atoms with E-state index in [2.05, 4.69) is 15.9 Å². The smallest absolute Gasteiger partial charge is 0.410 e. The van der Waals surface area contributed by atoms with Crippen molar-refractivity contribution in [3.63, 3.8) is 0 Å². The van der Waals surface area contributed by atoms with Gasteiger partial charge < -0.3 is 14.7 Å². The number of nitrogens with zero attached hydrogens (tertiary/aromatic N) is 1. The van der Waals surface area contributed by atoms with Crippen LogP contribution in [0.15, 0.2) is 22.7 Å². The fraction of sp³-hybridized carbons (Fsp3) is 0.500. The van der Waals surface area contributed by atoms with Crippen LogP contribution in [0.1, 0.15) is 33.3 Å². The molecular weight excluding hydrogens is 310 g/mol. The number of ether oxygens (including phenoxy) is 1. The van der Waals surface area contributed by atoms with Gasteiger partial charge in [0.15, 0.2) is 0 Å². The first-order chi connectivity index (χ1) is 8.73. The second-order valence-corrected chi connectivity index (χ2v) is 6.18. The molecule has 0 bridgehead atoms. The zero-order chi connectivity index (χ0) is 14.6. The van der Waals surface area contributed by atoms with Crippen molar-refractivity contribution in [2.45, 2.75) is 39.8 Å². The summed E-state index contributed by atoms with van der Waals surface area (Å²) >= 11 is 3.35. The first-order valence-corrected chi connectivity index (χ1v) is 6.97. The van der Waals surface area contributed by atoms with Crippen LogP contribution < -0.4 is 0 Å². The summed E-state index contributed by atoms with van der Waals surface area (Å²) in [5.74, 6) is 0.171. The molecule has 1 aromatic carbocycles. The first-order valence-electron chi connectivity index (χ1n) is 6.18. The molecule has 1 amide bonds. The Morgan fingerprint density at radius 2 is 2.05 bits per heavy atom. The van der Waals surface area contributed by atoms with Crippen LogP contribution in [0.25, 0.3) is 0 Å². The fourth-order valence-corrected chi connectivity index (χ4v) is 1.93. The van der Waals surface area contributed by atoms with Gasteiger partial charge in [-0.2, -0.15) is 0 Å². The zero-order valence-corrected chi connectivity index (χ0v) is 13.3. The van der Waals surface area contributed by atoms with E-state index in [-0.39, 0.29) is 11.8 Å². The Balaban J connectivity index is 2.82. The molecule has 0 aliphatic carbocycles. The van der Waals surface area contributed by atoms with E-state index >= 15 is 0 Å². The summed E-state index contributed by atoms with van der Waals surface area (Å²) in [7, 11) is 0. The van der Waals surface area contributed by atoms with Gasteiger partial charge in [0.25, 0.3) is 0 Å². The summed E-state index contributed by atoms with van der Waals surface area (Å²) in [6, 6.07) is 5.15. The van der Waals surface area contributed by atoms with Crippen molar-refractivity contribution < 1.29 is 14.6 Å². The standard InChI is InChI=1S/C14H20BrNO3/c1-5-16(13(18)19-14(2,3)4)9-10-8-11(15)6-7-12(10)17/h6-8,17H,5,9H2,1-4H3. The Morgan fingerprint density at radius 3 is 2.58 bits per heavy atom. The van der Waals surface area contributed by atoms with Crippen LogP contribution in [-0.4, -0.2) is 28.2 Å². The number of phenolic OH excluding ortho intramolecular Hbond substituents is 1. The second-order valence-electron chi connectivity index (χ2n) is 5.27. The maximum absolute atomic E-state index is 12.0. The third kappa shape index (κ3) is 5.11. The molecule has 5 heteroatoms. The highest BCUT2D eigenvalue weighted by Gasteiger charge is 2.21. The average molecular weight is 330 g/mol. The van der Waals surface area contributed by atoms with Crippen LogP contribution in [0, 0.1) is 0 Å². The molecule has 1 rings (SSSR count). The molecule has 0 aliphatic rings. The summed E-state index contributed by atoms with van der Waals surface area (Å²) in [6.45, 7) is 8.19. The summed E-state index contributed by atoms with van der Waals surface area (Å²) in [4.78, 5) is 13.5. The van der Waals surface area contributed by atoms with Gasteiger partial charge in [-0.05, 0) is 45.9 Å². The number of carbonyl (C=O) groups is 1. The fourth-order valence-electron chi connectivity index (χ4n) is 1.52. The zero-order valence-electron chi connectivity index (χ0n) is 11.7. The molecule has 0 spiro atoms. The quantitative estimate of drug-likeness (QED) is 0.914. The Labute approximate surface area is 122 Å². The van der Waals surface area contributed by atoms with Gasteiger partial charge in [0, 0.05) is 16.6 Å². The molecule has 0 saturated heterocycles. The minimum atomic E-state index is -0.524. The number of halogens is 1. The van der Waals surface area contributed by atoms with Crippen LogP contribution in [-0.2, 0) is 11.3 Å². The maximum atomic E-state index is 12.0. The summed E-state index contributed by atoms with van der Waals surface area (Å²) < 4.78 is 6.19. The molecule has 106 valence electrons. The van der Waals surface area contributed by atoms with Crippen LogP contribution in [0.3, 0.4) is 0 Å². The highest BCUT2D eigenvalue weighted by molar-refractivity contribution is 9.10. The molecule has 4 nitrogen and oxygen atoms in total. The molecule has 0 saturated carbocycles. The number of hydrogen-bond acceptors (Lipinski definition) is 3. The minimum absolute atomic E-state index is 0.171. The Kier molecular flexibility index (Phi) is 5.23. The van der Waals surface area contributed by atoms with Crippen molar-refractivity contribution in [2.24, 2.45) is 0 Å². The molecule has 0 unspecified atom stereocenters. The van der Waals surface area contributed by atoms with Crippen molar-refractivity contribution in [3.05, 3.63) is 28.2 Å². The number of hydrogen-bond donors (Lipinski definition) is 1. The van der Waals surface area contributed by atoms with E-state index in [0.717, 1.165) is 4.47 Å². The molecule has 1 aromatic rings. The van der Waals surface area contributed by atoms with Gasteiger partial charge in [0.2, 0.25) is 0 Å². The van der Waals surface area contributed by atoms with Gasteiger partial charge in [-0.25, -0.2) is 4.79 Å². The third-order valence-electron chi connectivity index (χ3n) is 2.44. The van der Waals surface area contributed by atoms with Crippen molar-refractivity contribution in [3.8, 4) is 5.75 Å². The molecule has 0 radical (unpaired) electrons. The van der Waals surface area contributed by atoms with Gasteiger partial charge in [-0.15, -0.1) is 0 Å². The molecule has 19 heavy (non-hydrogen) atoms. The van der Waals surface area contributed by atoms with Gasteiger partial charge in [0.1, 0.15) is 11.4 Å². The van der Waals surface area contributed by atoms with Crippen LogP contribution in [0.5, 0.6) is 5.75 Å². The van der Waals surface area contributed by atoms with Gasteiger partial charge in [-0.3, -0.25) is 0 Å². The van der Waals surface area contributed by atoms with Crippen molar-refractivity contribution in [2.75, 3.05) is 6.54 Å². The van der Waals surface area contributed by atoms with E-state index in [1.165, 1.54) is 0 Å². The lowest BCUT2D eigenvalue weighted by Gasteiger charge is -2.26. The number of carbonyl (C=O) groups excluding carboxylic acids is 1. The second kappa shape index (κ2) is 6.28. The van der Waals surface area contributed by atoms with E-state index in [1.807, 2.05) is 27.7 Å². The number of aromatic hydroxyl groups is 1. The average Bonchev–Trinajstić information content (AvgIpc) is 2.27. The predicted molar refractivity (Wildman–Crippen MR) is 78.1 cm³/mol. The molecular formula is C14H20BrNO3. The Morgan fingerprint density at radius 1 is 1.42 bits per heavy atom. The Bertz CT molecular complexity index is 454. The van der Waals surface area contributed by atoms with Gasteiger partial charge in [0.05, 0.1) is 6.54 Å². The maximum Gasteiger partial charge on any atom is 0.410 e. The molecule has 0 aliphatic heterocycles. The molecule has 0 fully saturated rings. The topological polar surface area (TPSA) is 49.8 Å². The monoisotopic (exact) mass is 329 g/mol. The summed E-state index contributed by atoms with van der Waals surface area (Å²) in [5.41, 5.74) is 0.158. The SMILES string of the molecule is CCN(Cc1cc(Br)ccc1O)C(=O)OC(C)(C)C. The van der Waals surface area contributed by atoms with Crippen LogP contribution in [0.4, 0.5) is 4.79 Å². The van der Waals surface area contributed by atoms with Gasteiger partial charge in [-0.1, -0.05) is 15.9 Å². The normalized spacial score (nSPS) is 11.2. The lowest BCUT2D eigenvalue weighted by molar-refractivity contribution is 0.0243. The summed E-state index contributed by atoms with van der Waals surface area (Å²) in [6.07, 6.45) is -0.380. The van der Waals surface area contributed by atoms with E-state index in [9.17, 15) is 9.90 Å². The molecule has 0 aromatic heterocycles. The van der Waals surface area contributed by atoms with Gasteiger partial charge >= 0.3 is 6.09 Å². The highest BCUT2D eigenvalue weighted by Crippen LogP contribution is 2.24. The van der Waals surface area contributed by atoms with E-state index in [1.54, 1.807) is 23.1 Å². The largest absolute Gasteiger partial charge is 0.508 e. The summed E-state index contributed by atoms with van der Waals surface area (Å²) in [5, 5.41) is 9.79. The molecule has 0 heterocycles. The predicted octanol–water partition coefficient (Wildman–Crippen LogP) is 3.91. The number of rotatable bonds is 3. The van der Waals surface area contributed by atoms with E-state index in [4.69, 9.17) is 4.74 Å². The van der Waals surface area contributed by atoms with Crippen LogP contribution in [0.2, 0.25) is 0 Å².